The molecule has 1 aromatic carbocycles. The van der Waals surface area contributed by atoms with Crippen LogP contribution in [0.1, 0.15) is 26.2 Å². The number of amides is 1. The highest BCUT2D eigenvalue weighted by molar-refractivity contribution is 5.76. The SMILES string of the molecule is CCCN(CC1COc2ccccc2O1)C(=O)CCCNC. The van der Waals surface area contributed by atoms with Crippen molar-refractivity contribution in [3.8, 4) is 11.5 Å². The van der Waals surface area contributed by atoms with Crippen molar-refractivity contribution < 1.29 is 14.3 Å². The third kappa shape index (κ3) is 4.63. The Labute approximate surface area is 132 Å². The second-order valence-corrected chi connectivity index (χ2v) is 5.54. The molecule has 1 N–H and O–H groups in total. The van der Waals surface area contributed by atoms with Gasteiger partial charge in [0.05, 0.1) is 6.54 Å². The molecule has 0 bridgehead atoms. The largest absolute Gasteiger partial charge is 0.486 e. The zero-order chi connectivity index (χ0) is 15.8. The van der Waals surface area contributed by atoms with Gasteiger partial charge in [0.15, 0.2) is 17.6 Å². The summed E-state index contributed by atoms with van der Waals surface area (Å²) in [4.78, 5) is 14.2. The van der Waals surface area contributed by atoms with Gasteiger partial charge >= 0.3 is 0 Å². The van der Waals surface area contributed by atoms with Gasteiger partial charge in [0.25, 0.3) is 0 Å². The van der Waals surface area contributed by atoms with E-state index in [1.54, 1.807) is 0 Å². The number of rotatable bonds is 8. The number of hydrogen-bond acceptors (Lipinski definition) is 4. The van der Waals surface area contributed by atoms with Crippen LogP contribution >= 0.6 is 0 Å². The standard InChI is InChI=1S/C17H26N2O3/c1-3-11-19(17(20)9-6-10-18-2)12-14-13-21-15-7-4-5-8-16(15)22-14/h4-5,7-8,14,18H,3,6,9-13H2,1-2H3. The van der Waals surface area contributed by atoms with E-state index in [-0.39, 0.29) is 12.0 Å². The number of nitrogens with zero attached hydrogens (tertiary/aromatic N) is 1. The lowest BCUT2D eigenvalue weighted by Crippen LogP contribution is -2.44. The first kappa shape index (κ1) is 16.6. The molecule has 0 aliphatic carbocycles. The summed E-state index contributed by atoms with van der Waals surface area (Å²) in [6.07, 6.45) is 2.28. The maximum Gasteiger partial charge on any atom is 0.222 e. The van der Waals surface area contributed by atoms with Gasteiger partial charge in [-0.3, -0.25) is 4.79 Å². The molecule has 5 heteroatoms. The maximum atomic E-state index is 12.3. The van der Waals surface area contributed by atoms with Gasteiger partial charge < -0.3 is 19.7 Å². The number of nitrogens with one attached hydrogen (secondary N) is 1. The van der Waals surface area contributed by atoms with Crippen LogP contribution in [0.15, 0.2) is 24.3 Å². The van der Waals surface area contributed by atoms with Crippen LogP contribution in [0.25, 0.3) is 0 Å². The summed E-state index contributed by atoms with van der Waals surface area (Å²) in [5.41, 5.74) is 0. The summed E-state index contributed by atoms with van der Waals surface area (Å²) in [7, 11) is 1.90. The molecule has 2 rings (SSSR count). The quantitative estimate of drug-likeness (QED) is 0.747. The molecule has 1 heterocycles. The lowest BCUT2D eigenvalue weighted by molar-refractivity contribution is -0.132. The first-order chi connectivity index (χ1) is 10.7. The molecule has 1 aliphatic heterocycles. The third-order valence-corrected chi connectivity index (χ3v) is 3.66. The van der Waals surface area contributed by atoms with Crippen LogP contribution in [0.3, 0.4) is 0 Å². The van der Waals surface area contributed by atoms with Crippen LogP contribution in [0, 0.1) is 0 Å². The van der Waals surface area contributed by atoms with Gasteiger partial charge in [-0.1, -0.05) is 19.1 Å². The minimum absolute atomic E-state index is 0.102. The van der Waals surface area contributed by atoms with Crippen molar-refractivity contribution in [2.75, 3.05) is 33.3 Å². The van der Waals surface area contributed by atoms with Crippen molar-refractivity contribution in [2.45, 2.75) is 32.3 Å². The fourth-order valence-electron chi connectivity index (χ4n) is 2.56. The van der Waals surface area contributed by atoms with Crippen LogP contribution in [0.2, 0.25) is 0 Å². The van der Waals surface area contributed by atoms with Crippen molar-refractivity contribution in [3.63, 3.8) is 0 Å². The zero-order valence-electron chi connectivity index (χ0n) is 13.5. The van der Waals surface area contributed by atoms with E-state index in [2.05, 4.69) is 12.2 Å². The Balaban J connectivity index is 1.90. The maximum absolute atomic E-state index is 12.3. The van der Waals surface area contributed by atoms with E-state index in [4.69, 9.17) is 9.47 Å². The molecule has 0 spiro atoms. The minimum atomic E-state index is -0.102. The number of fused-ring (bicyclic) bond motifs is 1. The van der Waals surface area contributed by atoms with E-state index < -0.39 is 0 Å². The fraction of sp³-hybridized carbons (Fsp3) is 0.588. The number of carbonyl (C=O) groups excluding carboxylic acids is 1. The van der Waals surface area contributed by atoms with Crippen molar-refractivity contribution in [1.29, 1.82) is 0 Å². The van der Waals surface area contributed by atoms with Crippen molar-refractivity contribution in [3.05, 3.63) is 24.3 Å². The lowest BCUT2D eigenvalue weighted by atomic mass is 10.2. The monoisotopic (exact) mass is 306 g/mol. The summed E-state index contributed by atoms with van der Waals surface area (Å²) in [5, 5.41) is 3.07. The number of ether oxygens (including phenoxy) is 2. The van der Waals surface area contributed by atoms with Gasteiger partial charge in [-0.05, 0) is 38.6 Å². The van der Waals surface area contributed by atoms with E-state index in [1.807, 2.05) is 36.2 Å². The first-order valence-corrected chi connectivity index (χ1v) is 8.05. The van der Waals surface area contributed by atoms with Gasteiger partial charge in [0.1, 0.15) is 6.61 Å². The molecule has 5 nitrogen and oxygen atoms in total. The Morgan fingerprint density at radius 3 is 2.86 bits per heavy atom. The molecular formula is C17H26N2O3. The second-order valence-electron chi connectivity index (χ2n) is 5.54. The molecule has 0 aromatic heterocycles. The molecular weight excluding hydrogens is 280 g/mol. The third-order valence-electron chi connectivity index (χ3n) is 3.66. The number of hydrogen-bond donors (Lipinski definition) is 1. The summed E-state index contributed by atoms with van der Waals surface area (Å²) < 4.78 is 11.7. The van der Waals surface area contributed by atoms with Gasteiger partial charge in [0, 0.05) is 13.0 Å². The van der Waals surface area contributed by atoms with Crippen LogP contribution in [-0.4, -0.2) is 50.2 Å². The van der Waals surface area contributed by atoms with E-state index >= 15 is 0 Å². The Morgan fingerprint density at radius 1 is 1.36 bits per heavy atom. The Kier molecular flexibility index (Phi) is 6.52. The molecule has 1 atom stereocenters. The average molecular weight is 306 g/mol. The molecule has 0 radical (unpaired) electrons. The summed E-state index contributed by atoms with van der Waals surface area (Å²) in [6, 6.07) is 7.66. The summed E-state index contributed by atoms with van der Waals surface area (Å²) in [5.74, 6) is 1.73. The highest BCUT2D eigenvalue weighted by atomic mass is 16.6. The normalized spacial score (nSPS) is 16.4. The second kappa shape index (κ2) is 8.63. The topological polar surface area (TPSA) is 50.8 Å². The van der Waals surface area contributed by atoms with Crippen molar-refractivity contribution in [2.24, 2.45) is 0 Å². The molecule has 0 fully saturated rings. The Bertz CT molecular complexity index is 479. The fourth-order valence-corrected chi connectivity index (χ4v) is 2.56. The minimum Gasteiger partial charge on any atom is -0.486 e. The van der Waals surface area contributed by atoms with Crippen molar-refractivity contribution >= 4 is 5.91 Å². The van der Waals surface area contributed by atoms with Crippen molar-refractivity contribution in [1.82, 2.24) is 10.2 Å². The predicted octanol–water partition coefficient (Wildman–Crippen LogP) is 2.06. The predicted molar refractivity (Wildman–Crippen MR) is 86.4 cm³/mol. The van der Waals surface area contributed by atoms with Gasteiger partial charge in [-0.25, -0.2) is 0 Å². The van der Waals surface area contributed by atoms with E-state index in [9.17, 15) is 4.79 Å². The highest BCUT2D eigenvalue weighted by Crippen LogP contribution is 2.31. The van der Waals surface area contributed by atoms with E-state index in [0.29, 0.717) is 19.6 Å². The molecule has 1 aromatic rings. The van der Waals surface area contributed by atoms with E-state index in [1.165, 1.54) is 0 Å². The molecule has 0 saturated carbocycles. The number of benzene rings is 1. The van der Waals surface area contributed by atoms with Crippen LogP contribution < -0.4 is 14.8 Å². The molecule has 1 unspecified atom stereocenters. The molecule has 0 saturated heterocycles. The number of para-hydroxylation sites is 2. The van der Waals surface area contributed by atoms with Gasteiger partial charge in [-0.2, -0.15) is 0 Å². The summed E-state index contributed by atoms with van der Waals surface area (Å²) in [6.45, 7) is 4.78. The Hall–Kier alpha value is -1.75. The van der Waals surface area contributed by atoms with Gasteiger partial charge in [-0.15, -0.1) is 0 Å². The molecule has 1 aliphatic rings. The lowest BCUT2D eigenvalue weighted by Gasteiger charge is -2.31. The highest BCUT2D eigenvalue weighted by Gasteiger charge is 2.24. The van der Waals surface area contributed by atoms with Crippen LogP contribution in [0.5, 0.6) is 11.5 Å². The number of carbonyl (C=O) groups is 1. The van der Waals surface area contributed by atoms with E-state index in [0.717, 1.165) is 37.4 Å². The Morgan fingerprint density at radius 2 is 2.14 bits per heavy atom. The summed E-state index contributed by atoms with van der Waals surface area (Å²) >= 11 is 0. The first-order valence-electron chi connectivity index (χ1n) is 8.05. The molecule has 122 valence electrons. The van der Waals surface area contributed by atoms with Crippen LogP contribution in [-0.2, 0) is 4.79 Å². The molecule has 22 heavy (non-hydrogen) atoms. The smallest absolute Gasteiger partial charge is 0.222 e. The molecule has 1 amide bonds. The van der Waals surface area contributed by atoms with Crippen LogP contribution in [0.4, 0.5) is 0 Å². The zero-order valence-corrected chi connectivity index (χ0v) is 13.5. The van der Waals surface area contributed by atoms with Gasteiger partial charge in [0.2, 0.25) is 5.91 Å². The average Bonchev–Trinajstić information content (AvgIpc) is 2.54.